The summed E-state index contributed by atoms with van der Waals surface area (Å²) in [5.74, 6) is 1.85. The molecule has 1 aliphatic carbocycles. The van der Waals surface area contributed by atoms with E-state index in [4.69, 9.17) is 15.0 Å². The third kappa shape index (κ3) is 5.56. The number of dihydropyridines is 1. The van der Waals surface area contributed by atoms with Crippen molar-refractivity contribution in [2.45, 2.75) is 5.41 Å². The first kappa shape index (κ1) is 32.4. The highest BCUT2D eigenvalue weighted by Gasteiger charge is 2.47. The lowest BCUT2D eigenvalue weighted by Gasteiger charge is -2.33. The third-order valence-electron chi connectivity index (χ3n) is 10.7. The van der Waals surface area contributed by atoms with Crippen LogP contribution in [0.4, 0.5) is 0 Å². The van der Waals surface area contributed by atoms with E-state index in [1.165, 1.54) is 27.8 Å². The fourth-order valence-corrected chi connectivity index (χ4v) is 8.29. The van der Waals surface area contributed by atoms with Crippen molar-refractivity contribution >= 4 is 5.57 Å². The topological polar surface area (TPSA) is 63.6 Å². The van der Waals surface area contributed by atoms with Gasteiger partial charge >= 0.3 is 0 Å². The maximum atomic E-state index is 5.32. The Kier molecular flexibility index (Phi) is 8.03. The largest absolute Gasteiger partial charge is 0.387 e. The number of pyridine rings is 1. The van der Waals surface area contributed by atoms with Crippen molar-refractivity contribution < 1.29 is 0 Å². The van der Waals surface area contributed by atoms with Gasteiger partial charge in [0.15, 0.2) is 17.5 Å². The quantitative estimate of drug-likeness (QED) is 0.179. The van der Waals surface area contributed by atoms with Gasteiger partial charge in [0.25, 0.3) is 0 Å². The zero-order valence-electron chi connectivity index (χ0n) is 30.0. The van der Waals surface area contributed by atoms with E-state index in [1.807, 2.05) is 12.3 Å². The zero-order valence-corrected chi connectivity index (χ0v) is 30.0. The number of nitrogens with one attached hydrogen (secondary N) is 1. The van der Waals surface area contributed by atoms with E-state index in [9.17, 15) is 0 Å². The van der Waals surface area contributed by atoms with Gasteiger partial charge < -0.3 is 5.32 Å². The fraction of sp³-hybridized carbons (Fsp3) is 0.0400. The molecule has 0 saturated heterocycles. The van der Waals surface area contributed by atoms with Crippen LogP contribution in [0.15, 0.2) is 195 Å². The smallest absolute Gasteiger partial charge is 0.164 e. The van der Waals surface area contributed by atoms with Crippen molar-refractivity contribution in [1.29, 1.82) is 0 Å². The summed E-state index contributed by atoms with van der Waals surface area (Å²) in [4.78, 5) is 20.2. The molecule has 2 aliphatic rings. The molecule has 5 heteroatoms. The summed E-state index contributed by atoms with van der Waals surface area (Å²) in [7, 11) is 0. The van der Waals surface area contributed by atoms with Gasteiger partial charge in [0.05, 0.1) is 5.41 Å². The fourth-order valence-electron chi connectivity index (χ4n) is 8.29. The molecule has 0 unspecified atom stereocenters. The van der Waals surface area contributed by atoms with Crippen LogP contribution < -0.4 is 5.32 Å². The molecule has 0 bridgehead atoms. The van der Waals surface area contributed by atoms with Crippen LogP contribution in [0, 0.1) is 0 Å². The molecular formula is C50H35N5. The van der Waals surface area contributed by atoms with E-state index >= 15 is 0 Å². The summed E-state index contributed by atoms with van der Waals surface area (Å²) in [6.07, 6.45) is 10.0. The summed E-state index contributed by atoms with van der Waals surface area (Å²) >= 11 is 0. The molecule has 6 aromatic carbocycles. The molecular weight excluding hydrogens is 671 g/mol. The predicted molar refractivity (Wildman–Crippen MR) is 222 cm³/mol. The van der Waals surface area contributed by atoms with E-state index in [0.717, 1.165) is 51.1 Å². The number of benzene rings is 6. The summed E-state index contributed by atoms with van der Waals surface area (Å²) in [5.41, 5.74) is 13.7. The van der Waals surface area contributed by atoms with Crippen LogP contribution in [-0.2, 0) is 5.41 Å². The highest BCUT2D eigenvalue weighted by molar-refractivity contribution is 5.94. The average Bonchev–Trinajstić information content (AvgIpc) is 3.59. The molecule has 0 amide bonds. The monoisotopic (exact) mass is 705 g/mol. The van der Waals surface area contributed by atoms with E-state index in [1.54, 1.807) is 6.20 Å². The van der Waals surface area contributed by atoms with E-state index in [-0.39, 0.29) is 0 Å². The number of allylic oxidation sites excluding steroid dienone is 2. The number of rotatable bonds is 7. The van der Waals surface area contributed by atoms with Gasteiger partial charge in [-0.25, -0.2) is 15.0 Å². The molecule has 10 rings (SSSR count). The molecule has 55 heavy (non-hydrogen) atoms. The summed E-state index contributed by atoms with van der Waals surface area (Å²) < 4.78 is 0. The number of hydrogen-bond acceptors (Lipinski definition) is 5. The van der Waals surface area contributed by atoms with E-state index in [2.05, 4.69) is 186 Å². The highest BCUT2D eigenvalue weighted by atomic mass is 15.0. The van der Waals surface area contributed by atoms with Crippen LogP contribution in [0.1, 0.15) is 27.8 Å². The highest BCUT2D eigenvalue weighted by Crippen LogP contribution is 2.58. The standard InChI is InChI=1S/C50H35N5/c1-3-20-40(21-4-1)50(41-22-5-2-6-23-41)44-26-8-7-24-42(44)46-43(25-11-27-45(46)50)49-54-47(36-16-9-14-34(30-36)38-18-12-28-51-32-38)53-48(55-49)37-17-10-15-35(31-37)39-19-13-29-52-33-39/h1-28,30-33,52H,29H2. The lowest BCUT2D eigenvalue weighted by Crippen LogP contribution is -2.28. The molecule has 1 aliphatic heterocycles. The van der Waals surface area contributed by atoms with Crippen molar-refractivity contribution in [3.05, 3.63) is 222 Å². The minimum Gasteiger partial charge on any atom is -0.387 e. The van der Waals surface area contributed by atoms with Crippen molar-refractivity contribution in [2.75, 3.05) is 6.54 Å². The van der Waals surface area contributed by atoms with Gasteiger partial charge in [0.2, 0.25) is 0 Å². The lowest BCUT2D eigenvalue weighted by molar-refractivity contribution is 0.768. The Morgan fingerprint density at radius 3 is 1.75 bits per heavy atom. The molecule has 0 fully saturated rings. The van der Waals surface area contributed by atoms with Crippen LogP contribution in [0.25, 0.3) is 62.0 Å². The number of aromatic nitrogens is 4. The normalized spacial score (nSPS) is 13.7. The molecule has 260 valence electrons. The van der Waals surface area contributed by atoms with Gasteiger partial charge in [-0.15, -0.1) is 0 Å². The average molecular weight is 706 g/mol. The van der Waals surface area contributed by atoms with Gasteiger partial charge in [-0.3, -0.25) is 4.98 Å². The van der Waals surface area contributed by atoms with Gasteiger partial charge in [-0.2, -0.15) is 0 Å². The zero-order chi connectivity index (χ0) is 36.6. The molecule has 0 spiro atoms. The Morgan fingerprint density at radius 2 is 1.05 bits per heavy atom. The Labute approximate surface area is 320 Å². The van der Waals surface area contributed by atoms with Gasteiger partial charge in [-0.05, 0) is 68.3 Å². The third-order valence-corrected chi connectivity index (χ3v) is 10.7. The number of fused-ring (bicyclic) bond motifs is 3. The Bertz CT molecular complexity index is 2720. The molecule has 5 nitrogen and oxygen atoms in total. The van der Waals surface area contributed by atoms with Crippen molar-refractivity contribution in [3.63, 3.8) is 0 Å². The van der Waals surface area contributed by atoms with Crippen LogP contribution in [-0.4, -0.2) is 26.5 Å². The Hall–Kier alpha value is -7.24. The first-order valence-electron chi connectivity index (χ1n) is 18.6. The molecule has 8 aromatic rings. The minimum absolute atomic E-state index is 0.537. The molecule has 0 saturated carbocycles. The first-order valence-corrected chi connectivity index (χ1v) is 18.6. The molecule has 2 aromatic heterocycles. The SMILES string of the molecule is C1=CC(c2cccc(-c3nc(-c4cccc(-c5cccnc5)c4)nc(-c4cccc5c4-c4ccccc4C5(c4ccccc4)c4ccccc4)n3)c2)=CNC1. The lowest BCUT2D eigenvalue weighted by atomic mass is 9.67. The first-order chi connectivity index (χ1) is 27.3. The van der Waals surface area contributed by atoms with Crippen molar-refractivity contribution in [3.8, 4) is 56.4 Å². The Balaban J connectivity index is 1.23. The van der Waals surface area contributed by atoms with Crippen molar-refractivity contribution in [2.24, 2.45) is 0 Å². The number of nitrogens with zero attached hydrogens (tertiary/aromatic N) is 4. The van der Waals surface area contributed by atoms with Crippen molar-refractivity contribution in [1.82, 2.24) is 25.3 Å². The Morgan fingerprint density at radius 1 is 0.473 bits per heavy atom. The molecule has 0 radical (unpaired) electrons. The van der Waals surface area contributed by atoms with Crippen LogP contribution in [0.2, 0.25) is 0 Å². The van der Waals surface area contributed by atoms with Gasteiger partial charge in [-0.1, -0.05) is 158 Å². The minimum atomic E-state index is -0.537. The molecule has 1 N–H and O–H groups in total. The maximum absolute atomic E-state index is 5.32. The summed E-state index contributed by atoms with van der Waals surface area (Å²) in [6.45, 7) is 0.821. The van der Waals surface area contributed by atoms with E-state index < -0.39 is 5.41 Å². The maximum Gasteiger partial charge on any atom is 0.164 e. The molecule has 3 heterocycles. The van der Waals surface area contributed by atoms with E-state index in [0.29, 0.717) is 17.5 Å². The summed E-state index contributed by atoms with van der Waals surface area (Å²) in [5, 5.41) is 3.34. The van der Waals surface area contributed by atoms with Crippen LogP contribution in [0.5, 0.6) is 0 Å². The van der Waals surface area contributed by atoms with Crippen LogP contribution in [0.3, 0.4) is 0 Å². The van der Waals surface area contributed by atoms with Crippen LogP contribution >= 0.6 is 0 Å². The second-order valence-electron chi connectivity index (χ2n) is 13.9. The number of hydrogen-bond donors (Lipinski definition) is 1. The second-order valence-corrected chi connectivity index (χ2v) is 13.9. The second kappa shape index (κ2) is 13.6. The van der Waals surface area contributed by atoms with Gasteiger partial charge in [0, 0.05) is 47.4 Å². The molecule has 0 atom stereocenters. The predicted octanol–water partition coefficient (Wildman–Crippen LogP) is 10.8. The van der Waals surface area contributed by atoms with Gasteiger partial charge in [0.1, 0.15) is 0 Å². The summed E-state index contributed by atoms with van der Waals surface area (Å²) in [6, 6.07) is 58.0.